The molecule has 4 rings (SSSR count). The first-order valence-electron chi connectivity index (χ1n) is 10.5. The van der Waals surface area contributed by atoms with Gasteiger partial charge in [0.1, 0.15) is 0 Å². The minimum absolute atomic E-state index is 0.0768. The molecular formula is C25H25N5OS. The highest BCUT2D eigenvalue weighted by atomic mass is 32.2. The molecule has 4 aromatic rings. The second kappa shape index (κ2) is 10.2. The molecule has 0 aliphatic heterocycles. The Kier molecular flexibility index (Phi) is 6.97. The molecule has 0 aliphatic rings. The van der Waals surface area contributed by atoms with E-state index in [1.54, 1.807) is 12.4 Å². The van der Waals surface area contributed by atoms with Gasteiger partial charge in [0.05, 0.1) is 12.3 Å². The van der Waals surface area contributed by atoms with Crippen LogP contribution in [-0.4, -0.2) is 31.4 Å². The minimum Gasteiger partial charge on any atom is -0.325 e. The Morgan fingerprint density at radius 2 is 1.69 bits per heavy atom. The van der Waals surface area contributed by atoms with Gasteiger partial charge in [-0.2, -0.15) is 0 Å². The lowest BCUT2D eigenvalue weighted by atomic mass is 10.0. The third-order valence-electron chi connectivity index (χ3n) is 5.03. The number of carbonyl (C=O) groups excluding carboxylic acids is 1. The molecule has 2 aromatic heterocycles. The van der Waals surface area contributed by atoms with Gasteiger partial charge in [0.15, 0.2) is 11.0 Å². The first-order chi connectivity index (χ1) is 15.6. The summed E-state index contributed by atoms with van der Waals surface area (Å²) in [5.74, 6) is 1.38. The van der Waals surface area contributed by atoms with Crippen molar-refractivity contribution >= 4 is 23.4 Å². The van der Waals surface area contributed by atoms with Crippen molar-refractivity contribution in [1.29, 1.82) is 0 Å². The zero-order valence-corrected chi connectivity index (χ0v) is 18.9. The van der Waals surface area contributed by atoms with Gasteiger partial charge < -0.3 is 5.32 Å². The lowest BCUT2D eigenvalue weighted by Gasteiger charge is -2.11. The van der Waals surface area contributed by atoms with Gasteiger partial charge in [-0.1, -0.05) is 68.1 Å². The molecule has 7 heteroatoms. The van der Waals surface area contributed by atoms with Crippen LogP contribution < -0.4 is 5.32 Å². The van der Waals surface area contributed by atoms with Crippen LogP contribution in [0, 0.1) is 0 Å². The Labute approximate surface area is 192 Å². The topological polar surface area (TPSA) is 72.7 Å². The van der Waals surface area contributed by atoms with Gasteiger partial charge in [0.25, 0.3) is 0 Å². The van der Waals surface area contributed by atoms with Crippen molar-refractivity contribution in [3.05, 3.63) is 90.3 Å². The molecule has 0 unspecified atom stereocenters. The zero-order valence-electron chi connectivity index (χ0n) is 18.1. The summed E-state index contributed by atoms with van der Waals surface area (Å²) in [4.78, 5) is 16.6. The number of nitrogens with zero attached hydrogens (tertiary/aromatic N) is 4. The normalized spacial score (nSPS) is 11.0. The number of hydrogen-bond acceptors (Lipinski definition) is 5. The van der Waals surface area contributed by atoms with E-state index in [-0.39, 0.29) is 11.7 Å². The number of hydrogen-bond donors (Lipinski definition) is 1. The Hall–Kier alpha value is -3.45. The first kappa shape index (κ1) is 21.8. The van der Waals surface area contributed by atoms with Crippen LogP contribution >= 0.6 is 11.8 Å². The second-order valence-electron chi connectivity index (χ2n) is 7.73. The smallest absolute Gasteiger partial charge is 0.234 e. The van der Waals surface area contributed by atoms with Crippen LogP contribution in [0.3, 0.4) is 0 Å². The van der Waals surface area contributed by atoms with Crippen molar-refractivity contribution in [1.82, 2.24) is 19.7 Å². The van der Waals surface area contributed by atoms with Crippen LogP contribution in [0.5, 0.6) is 0 Å². The standard InChI is InChI=1S/C25H25N5OS/c1-18(2)20-8-10-22(11-9-20)27-23(31)17-32-25-29-28-24(21-12-14-26-15-13-21)30(25)16-19-6-4-3-5-7-19/h3-15,18H,16-17H2,1-2H3,(H,27,31). The molecule has 0 spiro atoms. The molecule has 2 aromatic carbocycles. The van der Waals surface area contributed by atoms with Crippen molar-refractivity contribution in [2.75, 3.05) is 11.1 Å². The van der Waals surface area contributed by atoms with E-state index in [9.17, 15) is 4.79 Å². The van der Waals surface area contributed by atoms with E-state index in [2.05, 4.69) is 46.5 Å². The van der Waals surface area contributed by atoms with Crippen LogP contribution in [-0.2, 0) is 11.3 Å². The van der Waals surface area contributed by atoms with Gasteiger partial charge in [-0.3, -0.25) is 14.3 Å². The molecule has 1 N–H and O–H groups in total. The van der Waals surface area contributed by atoms with Crippen LogP contribution in [0.1, 0.15) is 30.9 Å². The zero-order chi connectivity index (χ0) is 22.3. The maximum absolute atomic E-state index is 12.6. The van der Waals surface area contributed by atoms with Crippen LogP contribution in [0.15, 0.2) is 84.3 Å². The summed E-state index contributed by atoms with van der Waals surface area (Å²) in [5, 5.41) is 12.4. The van der Waals surface area contributed by atoms with Crippen molar-refractivity contribution in [3.8, 4) is 11.4 Å². The molecule has 1 amide bonds. The molecular weight excluding hydrogens is 418 g/mol. The van der Waals surface area contributed by atoms with Gasteiger partial charge in [0.2, 0.25) is 5.91 Å². The average molecular weight is 444 g/mol. The molecule has 0 fully saturated rings. The molecule has 2 heterocycles. The monoisotopic (exact) mass is 443 g/mol. The number of amides is 1. The van der Waals surface area contributed by atoms with Crippen LogP contribution in [0.2, 0.25) is 0 Å². The predicted octanol–water partition coefficient (Wildman–Crippen LogP) is 5.24. The summed E-state index contributed by atoms with van der Waals surface area (Å²) < 4.78 is 2.04. The van der Waals surface area contributed by atoms with Crippen LogP contribution in [0.4, 0.5) is 5.69 Å². The number of pyridine rings is 1. The van der Waals surface area contributed by atoms with Crippen molar-refractivity contribution < 1.29 is 4.79 Å². The molecule has 0 aliphatic carbocycles. The van der Waals surface area contributed by atoms with Crippen molar-refractivity contribution in [3.63, 3.8) is 0 Å². The summed E-state index contributed by atoms with van der Waals surface area (Å²) in [6.45, 7) is 4.91. The van der Waals surface area contributed by atoms with Gasteiger partial charge in [-0.05, 0) is 41.3 Å². The van der Waals surface area contributed by atoms with E-state index in [1.165, 1.54) is 17.3 Å². The number of carbonyl (C=O) groups is 1. The number of benzene rings is 2. The summed E-state index contributed by atoms with van der Waals surface area (Å²) in [6.07, 6.45) is 3.48. The molecule has 0 saturated heterocycles. The maximum Gasteiger partial charge on any atom is 0.234 e. The Balaban J connectivity index is 1.49. The van der Waals surface area contributed by atoms with E-state index in [0.717, 1.165) is 22.6 Å². The van der Waals surface area contributed by atoms with Crippen molar-refractivity contribution in [2.45, 2.75) is 31.5 Å². The van der Waals surface area contributed by atoms with E-state index >= 15 is 0 Å². The molecule has 162 valence electrons. The van der Waals surface area contributed by atoms with E-state index in [0.29, 0.717) is 17.6 Å². The number of aromatic nitrogens is 4. The highest BCUT2D eigenvalue weighted by molar-refractivity contribution is 7.99. The third-order valence-corrected chi connectivity index (χ3v) is 6.00. The highest BCUT2D eigenvalue weighted by Crippen LogP contribution is 2.25. The Morgan fingerprint density at radius 3 is 2.38 bits per heavy atom. The number of rotatable bonds is 8. The van der Waals surface area contributed by atoms with Gasteiger partial charge in [0, 0.05) is 23.6 Å². The van der Waals surface area contributed by atoms with E-state index < -0.39 is 0 Å². The first-order valence-corrected chi connectivity index (χ1v) is 11.5. The van der Waals surface area contributed by atoms with E-state index in [1.807, 2.05) is 59.2 Å². The van der Waals surface area contributed by atoms with Gasteiger partial charge >= 0.3 is 0 Å². The van der Waals surface area contributed by atoms with Gasteiger partial charge in [-0.15, -0.1) is 10.2 Å². The van der Waals surface area contributed by atoms with Crippen LogP contribution in [0.25, 0.3) is 11.4 Å². The summed E-state index contributed by atoms with van der Waals surface area (Å²) in [6, 6.07) is 21.9. The van der Waals surface area contributed by atoms with E-state index in [4.69, 9.17) is 0 Å². The predicted molar refractivity (Wildman–Crippen MR) is 129 cm³/mol. The average Bonchev–Trinajstić information content (AvgIpc) is 3.21. The molecule has 0 saturated carbocycles. The molecule has 0 bridgehead atoms. The lowest BCUT2D eigenvalue weighted by Crippen LogP contribution is -2.15. The minimum atomic E-state index is -0.0768. The largest absolute Gasteiger partial charge is 0.325 e. The fourth-order valence-electron chi connectivity index (χ4n) is 3.30. The fourth-order valence-corrected chi connectivity index (χ4v) is 4.03. The molecule has 0 radical (unpaired) electrons. The summed E-state index contributed by atoms with van der Waals surface area (Å²) in [7, 11) is 0. The molecule has 0 atom stereocenters. The van der Waals surface area contributed by atoms with Crippen molar-refractivity contribution in [2.24, 2.45) is 0 Å². The highest BCUT2D eigenvalue weighted by Gasteiger charge is 2.16. The summed E-state index contributed by atoms with van der Waals surface area (Å²) >= 11 is 1.38. The third kappa shape index (κ3) is 5.42. The number of anilines is 1. The fraction of sp³-hybridized carbons (Fsp3) is 0.200. The number of nitrogens with one attached hydrogen (secondary N) is 1. The molecule has 6 nitrogen and oxygen atoms in total. The maximum atomic E-state index is 12.6. The second-order valence-corrected chi connectivity index (χ2v) is 8.67. The quantitative estimate of drug-likeness (QED) is 0.377. The van der Waals surface area contributed by atoms with Gasteiger partial charge in [-0.25, -0.2) is 0 Å². The molecule has 32 heavy (non-hydrogen) atoms. The SMILES string of the molecule is CC(C)c1ccc(NC(=O)CSc2nnc(-c3ccncc3)n2Cc2ccccc2)cc1. The lowest BCUT2D eigenvalue weighted by molar-refractivity contribution is -0.113. The Bertz CT molecular complexity index is 1160. The summed E-state index contributed by atoms with van der Waals surface area (Å²) in [5.41, 5.74) is 4.11. The Morgan fingerprint density at radius 1 is 0.969 bits per heavy atom. The number of thioether (sulfide) groups is 1.